The zero-order valence-electron chi connectivity index (χ0n) is 7.58. The smallest absolute Gasteiger partial charge is 0.160 e. The van der Waals surface area contributed by atoms with Gasteiger partial charge in [0.25, 0.3) is 0 Å². The van der Waals surface area contributed by atoms with Crippen LogP contribution in [0, 0.1) is 5.92 Å². The van der Waals surface area contributed by atoms with E-state index in [0.29, 0.717) is 5.92 Å². The maximum atomic E-state index is 5.48. The second kappa shape index (κ2) is 3.58. The molecule has 1 aliphatic carbocycles. The minimum atomic E-state index is 0.0920. The number of rotatable bonds is 1. The van der Waals surface area contributed by atoms with E-state index in [1.165, 1.54) is 18.4 Å². The first-order valence-electron chi connectivity index (χ1n) is 4.75. The summed E-state index contributed by atoms with van der Waals surface area (Å²) in [5.41, 5.74) is 1.52. The molecule has 2 aliphatic rings. The number of hydrogen-bond acceptors (Lipinski definition) is 2. The molecule has 1 unspecified atom stereocenters. The van der Waals surface area contributed by atoms with Gasteiger partial charge in [-0.05, 0) is 26.2 Å². The Morgan fingerprint density at radius 3 is 2.67 bits per heavy atom. The summed E-state index contributed by atoms with van der Waals surface area (Å²) in [5.74, 6) is 0.608. The average Bonchev–Trinajstić information content (AvgIpc) is 2.58. The van der Waals surface area contributed by atoms with Crippen LogP contribution in [0.25, 0.3) is 0 Å². The van der Waals surface area contributed by atoms with Crippen LogP contribution in [0.3, 0.4) is 0 Å². The third-order valence-electron chi connectivity index (χ3n) is 2.71. The molecule has 1 fully saturated rings. The van der Waals surface area contributed by atoms with Crippen molar-refractivity contribution in [3.63, 3.8) is 0 Å². The van der Waals surface area contributed by atoms with E-state index in [1.807, 2.05) is 0 Å². The van der Waals surface area contributed by atoms with E-state index >= 15 is 0 Å². The highest BCUT2D eigenvalue weighted by atomic mass is 16.7. The van der Waals surface area contributed by atoms with Gasteiger partial charge in [0.15, 0.2) is 6.29 Å². The highest BCUT2D eigenvalue weighted by Crippen LogP contribution is 2.29. The van der Waals surface area contributed by atoms with E-state index in [1.54, 1.807) is 0 Å². The van der Waals surface area contributed by atoms with Gasteiger partial charge in [-0.15, -0.1) is 0 Å². The van der Waals surface area contributed by atoms with Gasteiger partial charge in [0.1, 0.15) is 0 Å². The lowest BCUT2D eigenvalue weighted by Crippen LogP contribution is -2.22. The second-order valence-electron chi connectivity index (χ2n) is 3.69. The molecule has 1 atom stereocenters. The summed E-state index contributed by atoms with van der Waals surface area (Å²) in [6.07, 6.45) is 5.99. The van der Waals surface area contributed by atoms with Crippen molar-refractivity contribution in [2.24, 2.45) is 5.92 Å². The number of allylic oxidation sites excluding steroid dienone is 2. The summed E-state index contributed by atoms with van der Waals surface area (Å²) in [6.45, 7) is 3.76. The quantitative estimate of drug-likeness (QED) is 0.558. The minimum Gasteiger partial charge on any atom is -0.350 e. The molecule has 0 aromatic heterocycles. The summed E-state index contributed by atoms with van der Waals surface area (Å²) >= 11 is 0. The van der Waals surface area contributed by atoms with Gasteiger partial charge in [-0.2, -0.15) is 0 Å². The average molecular weight is 168 g/mol. The Bertz CT molecular complexity index is 180. The lowest BCUT2D eigenvalue weighted by molar-refractivity contribution is -0.0855. The van der Waals surface area contributed by atoms with Crippen molar-refractivity contribution >= 4 is 0 Å². The van der Waals surface area contributed by atoms with Gasteiger partial charge in [-0.1, -0.05) is 11.6 Å². The zero-order chi connectivity index (χ0) is 8.39. The highest BCUT2D eigenvalue weighted by molar-refractivity contribution is 5.03. The highest BCUT2D eigenvalue weighted by Gasteiger charge is 2.27. The van der Waals surface area contributed by atoms with Crippen LogP contribution in [-0.4, -0.2) is 19.5 Å². The van der Waals surface area contributed by atoms with Gasteiger partial charge in [0.2, 0.25) is 0 Å². The first-order chi connectivity index (χ1) is 5.86. The Balaban J connectivity index is 1.89. The van der Waals surface area contributed by atoms with E-state index in [9.17, 15) is 0 Å². The monoisotopic (exact) mass is 168 g/mol. The molecule has 0 amide bonds. The maximum Gasteiger partial charge on any atom is 0.160 e. The van der Waals surface area contributed by atoms with Crippen LogP contribution in [0.5, 0.6) is 0 Å². The molecule has 12 heavy (non-hydrogen) atoms. The van der Waals surface area contributed by atoms with Crippen LogP contribution >= 0.6 is 0 Å². The molecule has 0 spiro atoms. The molecule has 0 bridgehead atoms. The molecule has 0 aromatic rings. The molecule has 68 valence electrons. The van der Waals surface area contributed by atoms with E-state index in [4.69, 9.17) is 9.47 Å². The molecule has 0 radical (unpaired) electrons. The lowest BCUT2D eigenvalue weighted by atomic mass is 9.90. The first kappa shape index (κ1) is 8.27. The molecule has 0 N–H and O–H groups in total. The molecular weight excluding hydrogens is 152 g/mol. The summed E-state index contributed by atoms with van der Waals surface area (Å²) in [5, 5.41) is 0. The summed E-state index contributed by atoms with van der Waals surface area (Å²) in [6, 6.07) is 0. The second-order valence-corrected chi connectivity index (χ2v) is 3.69. The molecule has 0 aromatic carbocycles. The summed E-state index contributed by atoms with van der Waals surface area (Å²) in [7, 11) is 0. The Hall–Kier alpha value is -0.340. The minimum absolute atomic E-state index is 0.0920. The van der Waals surface area contributed by atoms with E-state index in [-0.39, 0.29) is 6.29 Å². The van der Waals surface area contributed by atoms with E-state index in [2.05, 4.69) is 13.0 Å². The fraction of sp³-hybridized carbons (Fsp3) is 0.800. The number of ether oxygens (including phenoxy) is 2. The van der Waals surface area contributed by atoms with Crippen LogP contribution < -0.4 is 0 Å². The van der Waals surface area contributed by atoms with Crippen molar-refractivity contribution in [2.45, 2.75) is 32.5 Å². The van der Waals surface area contributed by atoms with Gasteiger partial charge < -0.3 is 9.47 Å². The Morgan fingerprint density at radius 2 is 2.08 bits per heavy atom. The SMILES string of the molecule is CC1=CCC(C2OCCO2)CC1. The lowest BCUT2D eigenvalue weighted by Gasteiger charge is -2.24. The molecule has 2 nitrogen and oxygen atoms in total. The van der Waals surface area contributed by atoms with Crippen LogP contribution in [0.2, 0.25) is 0 Å². The van der Waals surface area contributed by atoms with Crippen molar-refractivity contribution in [3.05, 3.63) is 11.6 Å². The van der Waals surface area contributed by atoms with Gasteiger partial charge in [-0.3, -0.25) is 0 Å². The maximum absolute atomic E-state index is 5.48. The Labute approximate surface area is 73.5 Å². The Morgan fingerprint density at radius 1 is 1.33 bits per heavy atom. The van der Waals surface area contributed by atoms with Crippen LogP contribution in [0.1, 0.15) is 26.2 Å². The molecule has 0 saturated carbocycles. The van der Waals surface area contributed by atoms with Crippen molar-refractivity contribution in [1.82, 2.24) is 0 Å². The van der Waals surface area contributed by atoms with E-state index in [0.717, 1.165) is 19.6 Å². The van der Waals surface area contributed by atoms with Crippen LogP contribution in [-0.2, 0) is 9.47 Å². The van der Waals surface area contributed by atoms with Gasteiger partial charge in [0.05, 0.1) is 13.2 Å². The van der Waals surface area contributed by atoms with Crippen LogP contribution in [0.15, 0.2) is 11.6 Å². The summed E-state index contributed by atoms with van der Waals surface area (Å²) in [4.78, 5) is 0. The normalized spacial score (nSPS) is 32.1. The topological polar surface area (TPSA) is 18.5 Å². The van der Waals surface area contributed by atoms with Gasteiger partial charge in [-0.25, -0.2) is 0 Å². The van der Waals surface area contributed by atoms with E-state index < -0.39 is 0 Å². The third kappa shape index (κ3) is 1.70. The predicted molar refractivity (Wildman–Crippen MR) is 46.8 cm³/mol. The van der Waals surface area contributed by atoms with Crippen molar-refractivity contribution in [3.8, 4) is 0 Å². The third-order valence-corrected chi connectivity index (χ3v) is 2.71. The fourth-order valence-electron chi connectivity index (χ4n) is 1.88. The molecule has 1 heterocycles. The molecule has 1 aliphatic heterocycles. The van der Waals surface area contributed by atoms with Crippen molar-refractivity contribution in [2.75, 3.05) is 13.2 Å². The fourth-order valence-corrected chi connectivity index (χ4v) is 1.88. The van der Waals surface area contributed by atoms with Crippen LogP contribution in [0.4, 0.5) is 0 Å². The predicted octanol–water partition coefficient (Wildman–Crippen LogP) is 2.11. The van der Waals surface area contributed by atoms with Gasteiger partial charge >= 0.3 is 0 Å². The van der Waals surface area contributed by atoms with Gasteiger partial charge in [0, 0.05) is 5.92 Å². The Kier molecular flexibility index (Phi) is 2.47. The first-order valence-corrected chi connectivity index (χ1v) is 4.75. The zero-order valence-corrected chi connectivity index (χ0v) is 7.58. The molecule has 2 rings (SSSR count). The largest absolute Gasteiger partial charge is 0.350 e. The molecule has 1 saturated heterocycles. The molecule has 2 heteroatoms. The summed E-state index contributed by atoms with van der Waals surface area (Å²) < 4.78 is 11.0. The molecular formula is C10H16O2. The standard InChI is InChI=1S/C10H16O2/c1-8-2-4-9(5-3-8)10-11-6-7-12-10/h2,9-10H,3-7H2,1H3. The van der Waals surface area contributed by atoms with Crippen molar-refractivity contribution < 1.29 is 9.47 Å². The van der Waals surface area contributed by atoms with Crippen molar-refractivity contribution in [1.29, 1.82) is 0 Å². The number of hydrogen-bond donors (Lipinski definition) is 0.